The summed E-state index contributed by atoms with van der Waals surface area (Å²) in [6, 6.07) is 2.02. The van der Waals surface area contributed by atoms with Crippen molar-refractivity contribution in [1.29, 1.82) is 5.26 Å². The third-order valence-electron chi connectivity index (χ3n) is 6.38. The number of methoxy groups -OCH3 is 1. The SMILES string of the molecule is C=C(Cl)C(CCN1CCN(CCC2C/C=C/C(=O)OC/C=C/2C)CC1)C/C(=C/C#N)OC.CCC. The Labute approximate surface area is 217 Å². The zero-order chi connectivity index (χ0) is 26.1. The standard InChI is InChI=1S/C25H36ClN3O3.C3H8/c1-20-10-18-32-25(30)6-4-5-22(20)8-12-28-14-16-29(17-15-28)13-9-23(21(2)26)19-24(31-3)7-11-27;1-3-2/h4,6-7,10,22-23H,2,5,8-9,12-19H2,1,3H3;3H2,1-2H3/b6-4+,20-10+,24-7-;. The van der Waals surface area contributed by atoms with Crippen molar-refractivity contribution in [3.63, 3.8) is 0 Å². The van der Waals surface area contributed by atoms with E-state index in [9.17, 15) is 4.79 Å². The molecule has 35 heavy (non-hydrogen) atoms. The highest BCUT2D eigenvalue weighted by atomic mass is 35.5. The average Bonchev–Trinajstić information content (AvgIpc) is 2.91. The van der Waals surface area contributed by atoms with Crippen LogP contribution in [0.4, 0.5) is 0 Å². The van der Waals surface area contributed by atoms with E-state index >= 15 is 0 Å². The van der Waals surface area contributed by atoms with Gasteiger partial charge in [0.25, 0.3) is 0 Å². The summed E-state index contributed by atoms with van der Waals surface area (Å²) < 4.78 is 10.4. The second-order valence-corrected chi connectivity index (χ2v) is 9.66. The summed E-state index contributed by atoms with van der Waals surface area (Å²) in [6.07, 6.45) is 11.7. The van der Waals surface area contributed by atoms with E-state index in [0.717, 1.165) is 58.5 Å². The topological polar surface area (TPSA) is 65.8 Å². The lowest BCUT2D eigenvalue weighted by Crippen LogP contribution is -2.47. The molecule has 0 aromatic heterocycles. The predicted octanol–water partition coefficient (Wildman–Crippen LogP) is 5.68. The second kappa shape index (κ2) is 18.2. The first-order valence-electron chi connectivity index (χ1n) is 12.8. The van der Waals surface area contributed by atoms with Crippen LogP contribution in [0.25, 0.3) is 0 Å². The fraction of sp³-hybridized carbons (Fsp3) is 0.643. The number of piperazine rings is 1. The van der Waals surface area contributed by atoms with Gasteiger partial charge in [0.1, 0.15) is 12.4 Å². The predicted molar refractivity (Wildman–Crippen MR) is 144 cm³/mol. The van der Waals surface area contributed by atoms with Crippen molar-refractivity contribution in [2.45, 2.75) is 52.9 Å². The van der Waals surface area contributed by atoms with Gasteiger partial charge in [-0.3, -0.25) is 0 Å². The highest BCUT2D eigenvalue weighted by Gasteiger charge is 2.21. The molecule has 0 aliphatic carbocycles. The molecular weight excluding hydrogens is 462 g/mol. The number of allylic oxidation sites excluding steroid dienone is 5. The number of nitrogens with zero attached hydrogens (tertiary/aromatic N) is 3. The van der Waals surface area contributed by atoms with Gasteiger partial charge in [-0.15, -0.1) is 0 Å². The lowest BCUT2D eigenvalue weighted by atomic mass is 9.92. The van der Waals surface area contributed by atoms with Crippen LogP contribution in [0.3, 0.4) is 0 Å². The molecule has 0 amide bonds. The number of hydrogen-bond acceptors (Lipinski definition) is 6. The summed E-state index contributed by atoms with van der Waals surface area (Å²) in [7, 11) is 1.58. The minimum atomic E-state index is -0.259. The molecule has 7 heteroatoms. The van der Waals surface area contributed by atoms with Crippen LogP contribution in [0, 0.1) is 23.2 Å². The van der Waals surface area contributed by atoms with Crippen molar-refractivity contribution in [2.75, 3.05) is 53.0 Å². The van der Waals surface area contributed by atoms with E-state index in [1.165, 1.54) is 18.1 Å². The zero-order valence-electron chi connectivity index (χ0n) is 22.1. The maximum absolute atomic E-state index is 11.5. The van der Waals surface area contributed by atoms with Crippen molar-refractivity contribution in [3.05, 3.63) is 47.2 Å². The summed E-state index contributed by atoms with van der Waals surface area (Å²) >= 11 is 6.23. The molecule has 2 aliphatic heterocycles. The van der Waals surface area contributed by atoms with E-state index in [1.54, 1.807) is 13.2 Å². The molecule has 1 fully saturated rings. The number of carbonyl (C=O) groups is 1. The fourth-order valence-electron chi connectivity index (χ4n) is 4.13. The number of esters is 1. The molecule has 1 saturated heterocycles. The highest BCUT2D eigenvalue weighted by molar-refractivity contribution is 6.29. The van der Waals surface area contributed by atoms with Gasteiger partial charge in [0.15, 0.2) is 0 Å². The Bertz CT molecular complexity index is 777. The molecule has 0 radical (unpaired) electrons. The second-order valence-electron chi connectivity index (χ2n) is 9.17. The third kappa shape index (κ3) is 13.0. The van der Waals surface area contributed by atoms with Gasteiger partial charge >= 0.3 is 5.97 Å². The van der Waals surface area contributed by atoms with Crippen LogP contribution in [-0.2, 0) is 14.3 Å². The van der Waals surface area contributed by atoms with Gasteiger partial charge in [-0.1, -0.05) is 50.1 Å². The maximum Gasteiger partial charge on any atom is 0.330 e. The minimum Gasteiger partial charge on any atom is -0.500 e. The minimum absolute atomic E-state index is 0.0938. The molecule has 0 aromatic carbocycles. The van der Waals surface area contributed by atoms with Crippen LogP contribution in [0.5, 0.6) is 0 Å². The molecule has 6 nitrogen and oxygen atoms in total. The molecule has 2 rings (SSSR count). The number of ether oxygens (including phenoxy) is 2. The van der Waals surface area contributed by atoms with Crippen LogP contribution < -0.4 is 0 Å². The molecule has 2 unspecified atom stereocenters. The first-order chi connectivity index (χ1) is 16.8. The van der Waals surface area contributed by atoms with Crippen molar-refractivity contribution in [1.82, 2.24) is 9.80 Å². The summed E-state index contributed by atoms with van der Waals surface area (Å²) in [4.78, 5) is 16.5. The molecule has 2 heterocycles. The van der Waals surface area contributed by atoms with Crippen molar-refractivity contribution >= 4 is 17.6 Å². The Kier molecular flexibility index (Phi) is 16.1. The number of halogens is 1. The van der Waals surface area contributed by atoms with Crippen LogP contribution in [0.1, 0.15) is 52.9 Å². The van der Waals surface area contributed by atoms with E-state index in [2.05, 4.69) is 37.1 Å². The fourth-order valence-corrected chi connectivity index (χ4v) is 4.32. The molecule has 196 valence electrons. The van der Waals surface area contributed by atoms with Gasteiger partial charge < -0.3 is 19.3 Å². The Morgan fingerprint density at radius 2 is 1.94 bits per heavy atom. The number of cyclic esters (lactones) is 1. The van der Waals surface area contributed by atoms with Gasteiger partial charge in [0, 0.05) is 49.6 Å². The molecule has 2 aliphatic rings. The molecular formula is C28H44ClN3O3. The first-order valence-corrected chi connectivity index (χ1v) is 13.1. The molecule has 2 atom stereocenters. The Morgan fingerprint density at radius 3 is 2.51 bits per heavy atom. The van der Waals surface area contributed by atoms with Crippen LogP contribution in [0.15, 0.2) is 47.2 Å². The third-order valence-corrected chi connectivity index (χ3v) is 6.69. The van der Waals surface area contributed by atoms with Gasteiger partial charge in [0.05, 0.1) is 19.3 Å². The Morgan fingerprint density at radius 1 is 1.31 bits per heavy atom. The molecule has 0 spiro atoms. The van der Waals surface area contributed by atoms with Crippen LogP contribution >= 0.6 is 11.6 Å². The summed E-state index contributed by atoms with van der Waals surface area (Å²) in [5.74, 6) is 0.927. The summed E-state index contributed by atoms with van der Waals surface area (Å²) in [5.41, 5.74) is 1.30. The average molecular weight is 506 g/mol. The monoisotopic (exact) mass is 505 g/mol. The quantitative estimate of drug-likeness (QED) is 0.165. The maximum atomic E-state index is 11.5. The van der Waals surface area contributed by atoms with E-state index < -0.39 is 0 Å². The summed E-state index contributed by atoms with van der Waals surface area (Å²) in [6.45, 7) is 16.9. The van der Waals surface area contributed by atoms with Gasteiger partial charge in [0.2, 0.25) is 0 Å². The number of carbonyl (C=O) groups excluding carboxylic acids is 1. The largest absolute Gasteiger partial charge is 0.500 e. The van der Waals surface area contributed by atoms with Crippen molar-refractivity contribution < 1.29 is 14.3 Å². The Balaban J connectivity index is 0.00000194. The highest BCUT2D eigenvalue weighted by Crippen LogP contribution is 2.26. The normalized spacial score (nSPS) is 23.1. The molecule has 0 saturated carbocycles. The number of rotatable bonds is 10. The van der Waals surface area contributed by atoms with Crippen LogP contribution in [0.2, 0.25) is 0 Å². The first kappa shape index (κ1) is 31.0. The smallest absolute Gasteiger partial charge is 0.330 e. The molecule has 0 bridgehead atoms. The van der Waals surface area contributed by atoms with E-state index in [0.29, 0.717) is 29.7 Å². The van der Waals surface area contributed by atoms with Gasteiger partial charge in [-0.2, -0.15) is 5.26 Å². The van der Waals surface area contributed by atoms with Crippen molar-refractivity contribution in [2.24, 2.45) is 11.8 Å². The number of nitriles is 1. The Hall–Kier alpha value is -2.07. The van der Waals surface area contributed by atoms with E-state index in [-0.39, 0.29) is 11.9 Å². The molecule has 0 aromatic rings. The van der Waals surface area contributed by atoms with Crippen LogP contribution in [-0.4, -0.2) is 68.8 Å². The van der Waals surface area contributed by atoms with Gasteiger partial charge in [-0.25, -0.2) is 4.79 Å². The van der Waals surface area contributed by atoms with Gasteiger partial charge in [-0.05, 0) is 51.3 Å². The van der Waals surface area contributed by atoms with E-state index in [4.69, 9.17) is 26.3 Å². The zero-order valence-corrected chi connectivity index (χ0v) is 22.9. The number of hydrogen-bond donors (Lipinski definition) is 0. The molecule has 0 N–H and O–H groups in total. The lowest BCUT2D eigenvalue weighted by Gasteiger charge is -2.36. The summed E-state index contributed by atoms with van der Waals surface area (Å²) in [5, 5.41) is 9.48. The lowest BCUT2D eigenvalue weighted by molar-refractivity contribution is -0.136. The van der Waals surface area contributed by atoms with Crippen molar-refractivity contribution in [3.8, 4) is 6.07 Å². The van der Waals surface area contributed by atoms with E-state index in [1.807, 2.05) is 18.2 Å².